The highest BCUT2D eigenvalue weighted by Gasteiger charge is 2.17. The molecule has 6 heteroatoms. The van der Waals surface area contributed by atoms with E-state index in [0.29, 0.717) is 4.32 Å². The van der Waals surface area contributed by atoms with Crippen molar-refractivity contribution >= 4 is 58.2 Å². The van der Waals surface area contributed by atoms with Crippen molar-refractivity contribution in [3.8, 4) is 0 Å². The molecule has 1 aliphatic heterocycles. The first-order chi connectivity index (χ1) is 6.11. The van der Waals surface area contributed by atoms with Crippen LogP contribution in [0.5, 0.6) is 0 Å². The van der Waals surface area contributed by atoms with Gasteiger partial charge in [0.15, 0.2) is 0 Å². The van der Waals surface area contributed by atoms with E-state index in [0.717, 1.165) is 30.3 Å². The van der Waals surface area contributed by atoms with E-state index in [1.165, 1.54) is 0 Å². The van der Waals surface area contributed by atoms with Crippen LogP contribution in [0, 0.1) is 0 Å². The summed E-state index contributed by atoms with van der Waals surface area (Å²) in [5.41, 5.74) is 0. The Hall–Kier alpha value is 0.640. The molecule has 1 heterocycles. The molecule has 0 saturated carbocycles. The topological polar surface area (TPSA) is 15.3 Å². The number of thiol groups is 2. The molecule has 1 rings (SSSR count). The Morgan fingerprint density at radius 1 is 1.31 bits per heavy atom. The molecule has 0 amide bonds. The molecular formula is C7H12N2S4. The zero-order valence-corrected chi connectivity index (χ0v) is 10.5. The third-order valence-corrected chi connectivity index (χ3v) is 3.17. The van der Waals surface area contributed by atoms with Gasteiger partial charge < -0.3 is 10.2 Å². The van der Waals surface area contributed by atoms with Crippen LogP contribution in [0.4, 0.5) is 0 Å². The second-order valence-electron chi connectivity index (χ2n) is 2.90. The first-order valence-corrected chi connectivity index (χ1v) is 5.76. The summed E-state index contributed by atoms with van der Waals surface area (Å²) in [5, 5.41) is 3.31. The van der Waals surface area contributed by atoms with E-state index in [1.807, 2.05) is 0 Å². The summed E-state index contributed by atoms with van der Waals surface area (Å²) < 4.78 is 1.39. The fourth-order valence-corrected chi connectivity index (χ4v) is 2.08. The van der Waals surface area contributed by atoms with E-state index in [9.17, 15) is 0 Å². The predicted octanol–water partition coefficient (Wildman–Crippen LogP) is 1.12. The van der Waals surface area contributed by atoms with E-state index in [1.54, 1.807) is 0 Å². The van der Waals surface area contributed by atoms with Crippen LogP contribution >= 0.6 is 49.7 Å². The molecular weight excluding hydrogens is 240 g/mol. The van der Waals surface area contributed by atoms with Gasteiger partial charge in [0.05, 0.1) is 4.20 Å². The van der Waals surface area contributed by atoms with Crippen LogP contribution in [0.25, 0.3) is 0 Å². The van der Waals surface area contributed by atoms with Crippen molar-refractivity contribution in [3.63, 3.8) is 0 Å². The summed E-state index contributed by atoms with van der Waals surface area (Å²) in [4.78, 5) is 2.07. The summed E-state index contributed by atoms with van der Waals surface area (Å²) in [6.45, 7) is 2.68. The lowest BCUT2D eigenvalue weighted by atomic mass is 10.2. The lowest BCUT2D eigenvalue weighted by molar-refractivity contribution is 0.461. The van der Waals surface area contributed by atoms with Crippen molar-refractivity contribution in [2.75, 3.05) is 19.6 Å². The maximum atomic E-state index is 5.01. The highest BCUT2D eigenvalue weighted by Crippen LogP contribution is 2.07. The summed E-state index contributed by atoms with van der Waals surface area (Å²) in [6, 6.07) is 0.228. The SMILES string of the molecule is S=C(S)C1CCN(C(=S)S)CCN1. The number of hydrogen-bond acceptors (Lipinski definition) is 3. The van der Waals surface area contributed by atoms with Gasteiger partial charge in [0.1, 0.15) is 4.32 Å². The van der Waals surface area contributed by atoms with Crippen LogP contribution in [0.2, 0.25) is 0 Å². The zero-order valence-electron chi connectivity index (χ0n) is 7.06. The normalized spacial score (nSPS) is 23.8. The average Bonchev–Trinajstić information content (AvgIpc) is 2.27. The molecule has 1 fully saturated rings. The van der Waals surface area contributed by atoms with Crippen LogP contribution in [0.3, 0.4) is 0 Å². The molecule has 1 N–H and O–H groups in total. The second-order valence-corrected chi connectivity index (χ2v) is 5.24. The molecule has 2 nitrogen and oxygen atoms in total. The average molecular weight is 252 g/mol. The second kappa shape index (κ2) is 5.50. The molecule has 0 aromatic heterocycles. The minimum absolute atomic E-state index is 0.228. The minimum Gasteiger partial charge on any atom is -0.356 e. The largest absolute Gasteiger partial charge is 0.356 e. The fraction of sp³-hybridized carbons (Fsp3) is 0.714. The van der Waals surface area contributed by atoms with E-state index >= 15 is 0 Å². The first kappa shape index (κ1) is 11.7. The van der Waals surface area contributed by atoms with E-state index < -0.39 is 0 Å². The van der Waals surface area contributed by atoms with Gasteiger partial charge in [-0.25, -0.2) is 0 Å². The maximum Gasteiger partial charge on any atom is 0.133 e. The Labute approximate surface area is 100 Å². The van der Waals surface area contributed by atoms with Gasteiger partial charge in [-0.05, 0) is 6.42 Å². The molecule has 0 spiro atoms. The summed E-state index contributed by atoms with van der Waals surface area (Å²) in [6.07, 6.45) is 0.947. The molecule has 1 atom stereocenters. The van der Waals surface area contributed by atoms with Gasteiger partial charge in [-0.1, -0.05) is 24.4 Å². The Balaban J connectivity index is 2.48. The minimum atomic E-state index is 0.228. The molecule has 0 aromatic rings. The molecule has 13 heavy (non-hydrogen) atoms. The Morgan fingerprint density at radius 3 is 2.54 bits per heavy atom. The van der Waals surface area contributed by atoms with Gasteiger partial charge >= 0.3 is 0 Å². The van der Waals surface area contributed by atoms with Crippen LogP contribution in [-0.2, 0) is 0 Å². The number of rotatable bonds is 1. The summed E-state index contributed by atoms with van der Waals surface area (Å²) >= 11 is 18.3. The van der Waals surface area contributed by atoms with Gasteiger partial charge in [0.25, 0.3) is 0 Å². The van der Waals surface area contributed by atoms with E-state index in [4.69, 9.17) is 24.4 Å². The van der Waals surface area contributed by atoms with Crippen molar-refractivity contribution in [1.82, 2.24) is 10.2 Å². The monoisotopic (exact) mass is 252 g/mol. The summed E-state index contributed by atoms with van der Waals surface area (Å²) in [5.74, 6) is 0. The van der Waals surface area contributed by atoms with Crippen LogP contribution in [0.1, 0.15) is 6.42 Å². The highest BCUT2D eigenvalue weighted by molar-refractivity contribution is 8.11. The number of nitrogens with one attached hydrogen (secondary N) is 1. The fourth-order valence-electron chi connectivity index (χ4n) is 1.27. The molecule has 0 radical (unpaired) electrons. The number of thiocarbonyl (C=S) groups is 2. The standard InChI is InChI=1S/C7H12N2S4/c10-6(11)5-1-3-9(7(12)13)4-2-8-5/h5,8H,1-4H2,(H,10,11)(H,12,13). The Morgan fingerprint density at radius 2 is 2.00 bits per heavy atom. The van der Waals surface area contributed by atoms with Gasteiger partial charge in [-0.2, -0.15) is 0 Å². The van der Waals surface area contributed by atoms with Crippen molar-refractivity contribution in [2.24, 2.45) is 0 Å². The number of nitrogens with zero attached hydrogens (tertiary/aromatic N) is 1. The highest BCUT2D eigenvalue weighted by atomic mass is 32.1. The van der Waals surface area contributed by atoms with Crippen molar-refractivity contribution in [2.45, 2.75) is 12.5 Å². The lowest BCUT2D eigenvalue weighted by Gasteiger charge is -2.19. The van der Waals surface area contributed by atoms with Crippen molar-refractivity contribution in [1.29, 1.82) is 0 Å². The van der Waals surface area contributed by atoms with Gasteiger partial charge in [-0.15, -0.1) is 25.3 Å². The van der Waals surface area contributed by atoms with Crippen LogP contribution in [0.15, 0.2) is 0 Å². The van der Waals surface area contributed by atoms with Gasteiger partial charge in [0.2, 0.25) is 0 Å². The van der Waals surface area contributed by atoms with Gasteiger partial charge in [0, 0.05) is 25.7 Å². The molecule has 1 aliphatic rings. The number of hydrogen-bond donors (Lipinski definition) is 3. The molecule has 1 unspecified atom stereocenters. The van der Waals surface area contributed by atoms with Crippen LogP contribution in [-0.4, -0.2) is 39.1 Å². The Bertz CT molecular complexity index is 197. The van der Waals surface area contributed by atoms with Crippen molar-refractivity contribution < 1.29 is 0 Å². The molecule has 0 bridgehead atoms. The van der Waals surface area contributed by atoms with E-state index in [2.05, 4.69) is 35.5 Å². The third-order valence-electron chi connectivity index (χ3n) is 2.03. The molecule has 0 aromatic carbocycles. The van der Waals surface area contributed by atoms with Gasteiger partial charge in [-0.3, -0.25) is 0 Å². The predicted molar refractivity (Wildman–Crippen MR) is 71.1 cm³/mol. The lowest BCUT2D eigenvalue weighted by Crippen LogP contribution is -2.33. The smallest absolute Gasteiger partial charge is 0.133 e. The zero-order chi connectivity index (χ0) is 9.84. The van der Waals surface area contributed by atoms with Crippen LogP contribution < -0.4 is 5.32 Å². The quantitative estimate of drug-likeness (QED) is 0.478. The molecule has 1 saturated heterocycles. The summed E-state index contributed by atoms with van der Waals surface area (Å²) in [7, 11) is 0. The van der Waals surface area contributed by atoms with Crippen molar-refractivity contribution in [3.05, 3.63) is 0 Å². The van der Waals surface area contributed by atoms with E-state index in [-0.39, 0.29) is 6.04 Å². The first-order valence-electron chi connectivity index (χ1n) is 4.05. The molecule has 0 aliphatic carbocycles. The maximum absolute atomic E-state index is 5.01. The Kier molecular flexibility index (Phi) is 4.96. The molecule has 74 valence electrons. The third kappa shape index (κ3) is 3.71.